The lowest BCUT2D eigenvalue weighted by Crippen LogP contribution is -2.52. The predicted molar refractivity (Wildman–Crippen MR) is 121 cm³/mol. The molecule has 10 heteroatoms. The van der Waals surface area contributed by atoms with E-state index in [9.17, 15) is 9.90 Å². The van der Waals surface area contributed by atoms with E-state index in [1.165, 1.54) is 6.26 Å². The fourth-order valence-electron chi connectivity index (χ4n) is 4.16. The van der Waals surface area contributed by atoms with E-state index in [1.807, 2.05) is 35.2 Å². The number of oxazole rings is 1. The molecule has 2 aliphatic rings. The van der Waals surface area contributed by atoms with Gasteiger partial charge < -0.3 is 29.8 Å². The summed E-state index contributed by atoms with van der Waals surface area (Å²) in [6, 6.07) is 9.75. The Kier molecular flexibility index (Phi) is 9.74. The van der Waals surface area contributed by atoms with Gasteiger partial charge in [-0.25, -0.2) is 4.98 Å². The zero-order valence-electron chi connectivity index (χ0n) is 17.3. The lowest BCUT2D eigenvalue weighted by Gasteiger charge is -2.43. The van der Waals surface area contributed by atoms with Crippen molar-refractivity contribution in [2.24, 2.45) is 5.73 Å². The maximum atomic E-state index is 13.3. The van der Waals surface area contributed by atoms with Gasteiger partial charge in [-0.05, 0) is 18.4 Å². The lowest BCUT2D eigenvalue weighted by atomic mass is 9.96. The zero-order valence-corrected chi connectivity index (χ0v) is 18.9. The number of ether oxygens (including phenoxy) is 1. The Morgan fingerprint density at radius 2 is 1.87 bits per heavy atom. The molecule has 8 nitrogen and oxygen atoms in total. The normalized spacial score (nSPS) is 22.5. The van der Waals surface area contributed by atoms with E-state index in [2.05, 4.69) is 9.88 Å². The van der Waals surface area contributed by atoms with Crippen molar-refractivity contribution in [2.75, 3.05) is 32.8 Å². The van der Waals surface area contributed by atoms with Crippen molar-refractivity contribution in [1.29, 1.82) is 0 Å². The maximum Gasteiger partial charge on any atom is 0.276 e. The number of morpholine rings is 1. The van der Waals surface area contributed by atoms with Gasteiger partial charge in [0.2, 0.25) is 5.89 Å². The molecule has 1 aromatic heterocycles. The van der Waals surface area contributed by atoms with Gasteiger partial charge in [0.15, 0.2) is 5.69 Å². The summed E-state index contributed by atoms with van der Waals surface area (Å²) in [6.07, 6.45) is 2.54. The monoisotopic (exact) mass is 472 g/mol. The number of piperidine rings is 1. The second kappa shape index (κ2) is 11.8. The fraction of sp³-hybridized carbons (Fsp3) is 0.524. The van der Waals surface area contributed by atoms with Crippen molar-refractivity contribution >= 4 is 30.7 Å². The number of hydrogen-bond donors (Lipinski definition) is 2. The van der Waals surface area contributed by atoms with Gasteiger partial charge in [0.05, 0.1) is 31.4 Å². The van der Waals surface area contributed by atoms with E-state index in [1.54, 1.807) is 0 Å². The SMILES string of the molecule is Cl.Cl.NCc1nc(C(=O)N2CCO[C@@H](CN3CCC(O)CC3)[C@@H]2c2ccccc2)co1. The third kappa shape index (κ3) is 5.97. The van der Waals surface area contributed by atoms with Crippen LogP contribution in [-0.2, 0) is 11.3 Å². The lowest BCUT2D eigenvalue weighted by molar-refractivity contribution is -0.0771. The summed E-state index contributed by atoms with van der Waals surface area (Å²) < 4.78 is 11.4. The van der Waals surface area contributed by atoms with E-state index in [0.29, 0.717) is 25.6 Å². The molecule has 1 aromatic carbocycles. The van der Waals surface area contributed by atoms with Gasteiger partial charge in [-0.3, -0.25) is 4.79 Å². The van der Waals surface area contributed by atoms with Crippen LogP contribution in [0.3, 0.4) is 0 Å². The third-order valence-electron chi connectivity index (χ3n) is 5.69. The number of aliphatic hydroxyl groups excluding tert-OH is 1. The number of halogens is 2. The van der Waals surface area contributed by atoms with Crippen LogP contribution in [-0.4, -0.2) is 70.8 Å². The molecule has 0 aliphatic carbocycles. The maximum absolute atomic E-state index is 13.3. The molecule has 0 saturated carbocycles. The second-order valence-corrected chi connectivity index (χ2v) is 7.63. The highest BCUT2D eigenvalue weighted by atomic mass is 35.5. The van der Waals surface area contributed by atoms with Gasteiger partial charge in [0, 0.05) is 26.2 Å². The van der Waals surface area contributed by atoms with Crippen LogP contribution in [0, 0.1) is 0 Å². The first kappa shape index (κ1) is 25.6. The highest BCUT2D eigenvalue weighted by Crippen LogP contribution is 2.32. The third-order valence-corrected chi connectivity index (χ3v) is 5.69. The molecule has 1 amide bonds. The Balaban J connectivity index is 0.00000171. The fourth-order valence-corrected chi connectivity index (χ4v) is 4.16. The molecule has 3 N–H and O–H groups in total. The van der Waals surface area contributed by atoms with Crippen molar-refractivity contribution in [3.63, 3.8) is 0 Å². The first-order valence-electron chi connectivity index (χ1n) is 10.2. The Bertz CT molecular complexity index is 815. The van der Waals surface area contributed by atoms with Gasteiger partial charge in [-0.1, -0.05) is 30.3 Å². The molecule has 2 saturated heterocycles. The van der Waals surface area contributed by atoms with Crippen LogP contribution in [0.4, 0.5) is 0 Å². The average molecular weight is 473 g/mol. The summed E-state index contributed by atoms with van der Waals surface area (Å²) in [4.78, 5) is 21.6. The van der Waals surface area contributed by atoms with Crippen molar-refractivity contribution in [2.45, 2.75) is 37.6 Å². The topological polar surface area (TPSA) is 105 Å². The standard InChI is InChI=1S/C21H28N4O4.2ClH/c22-12-19-23-17(14-29-19)21(27)25-10-11-28-18(13-24-8-6-16(26)7-9-24)20(25)15-4-2-1-3-5-15;;/h1-5,14,16,18,20,26H,6-13,22H2;2*1H/t18-,20-;;/m0../s1. The van der Waals surface area contributed by atoms with Gasteiger partial charge >= 0.3 is 0 Å². The van der Waals surface area contributed by atoms with Crippen LogP contribution in [0.1, 0.15) is 40.8 Å². The Morgan fingerprint density at radius 1 is 1.16 bits per heavy atom. The Labute approximate surface area is 194 Å². The quantitative estimate of drug-likeness (QED) is 0.685. The predicted octanol–water partition coefficient (Wildman–Crippen LogP) is 2.02. The number of likely N-dealkylation sites (tertiary alicyclic amines) is 1. The molecule has 4 rings (SSSR count). The number of nitrogens with zero attached hydrogens (tertiary/aromatic N) is 3. The van der Waals surface area contributed by atoms with E-state index in [0.717, 1.165) is 31.5 Å². The van der Waals surface area contributed by atoms with Crippen LogP contribution in [0.5, 0.6) is 0 Å². The highest BCUT2D eigenvalue weighted by molar-refractivity contribution is 5.92. The molecule has 0 radical (unpaired) electrons. The van der Waals surface area contributed by atoms with Crippen LogP contribution < -0.4 is 5.73 Å². The molecule has 2 aliphatic heterocycles. The summed E-state index contributed by atoms with van der Waals surface area (Å²) in [6.45, 7) is 3.49. The van der Waals surface area contributed by atoms with E-state index >= 15 is 0 Å². The first-order chi connectivity index (χ1) is 14.2. The molecular formula is C21H30Cl2N4O4. The van der Waals surface area contributed by atoms with Crippen molar-refractivity contribution in [1.82, 2.24) is 14.8 Å². The molecule has 31 heavy (non-hydrogen) atoms. The smallest absolute Gasteiger partial charge is 0.276 e. The molecule has 2 fully saturated rings. The minimum atomic E-state index is -0.220. The summed E-state index contributed by atoms with van der Waals surface area (Å²) in [5, 5.41) is 9.79. The Hall–Kier alpha value is -1.68. The second-order valence-electron chi connectivity index (χ2n) is 7.63. The summed E-state index contributed by atoms with van der Waals surface area (Å²) in [7, 11) is 0. The highest BCUT2D eigenvalue weighted by Gasteiger charge is 2.38. The zero-order chi connectivity index (χ0) is 20.2. The number of amides is 1. The number of benzene rings is 1. The minimum Gasteiger partial charge on any atom is -0.447 e. The van der Waals surface area contributed by atoms with E-state index in [4.69, 9.17) is 14.9 Å². The molecule has 0 bridgehead atoms. The Morgan fingerprint density at radius 3 is 2.52 bits per heavy atom. The first-order valence-corrected chi connectivity index (χ1v) is 10.2. The number of nitrogens with two attached hydrogens (primary N) is 1. The van der Waals surface area contributed by atoms with Gasteiger partial charge in [0.25, 0.3) is 5.91 Å². The van der Waals surface area contributed by atoms with Crippen LogP contribution in [0.15, 0.2) is 41.0 Å². The number of carbonyl (C=O) groups is 1. The van der Waals surface area contributed by atoms with Crippen molar-refractivity contribution in [3.8, 4) is 0 Å². The van der Waals surface area contributed by atoms with Crippen LogP contribution >= 0.6 is 24.8 Å². The van der Waals surface area contributed by atoms with Crippen LogP contribution in [0.2, 0.25) is 0 Å². The van der Waals surface area contributed by atoms with Gasteiger partial charge in [0.1, 0.15) is 6.26 Å². The molecule has 0 unspecified atom stereocenters. The van der Waals surface area contributed by atoms with Crippen molar-refractivity contribution < 1.29 is 19.1 Å². The molecule has 2 atom stereocenters. The number of aromatic nitrogens is 1. The molecule has 3 heterocycles. The van der Waals surface area contributed by atoms with Gasteiger partial charge in [-0.15, -0.1) is 24.8 Å². The van der Waals surface area contributed by atoms with Gasteiger partial charge in [-0.2, -0.15) is 0 Å². The molecule has 0 spiro atoms. The average Bonchev–Trinajstić information content (AvgIpc) is 3.25. The van der Waals surface area contributed by atoms with Crippen LogP contribution in [0.25, 0.3) is 0 Å². The minimum absolute atomic E-state index is 0. The number of aliphatic hydroxyl groups is 1. The summed E-state index contributed by atoms with van der Waals surface area (Å²) >= 11 is 0. The number of hydrogen-bond acceptors (Lipinski definition) is 7. The summed E-state index contributed by atoms with van der Waals surface area (Å²) in [5.41, 5.74) is 6.88. The van der Waals surface area contributed by atoms with Crippen molar-refractivity contribution in [3.05, 3.63) is 53.7 Å². The number of carbonyl (C=O) groups excluding carboxylic acids is 1. The van der Waals surface area contributed by atoms with E-state index in [-0.39, 0.29) is 61.2 Å². The molecular weight excluding hydrogens is 443 g/mol. The summed E-state index contributed by atoms with van der Waals surface area (Å²) in [5.74, 6) is 0.172. The molecule has 2 aromatic rings. The van der Waals surface area contributed by atoms with E-state index < -0.39 is 0 Å². The molecule has 172 valence electrons. The largest absolute Gasteiger partial charge is 0.447 e. The number of rotatable bonds is 5.